The topological polar surface area (TPSA) is 32.3 Å². The van der Waals surface area contributed by atoms with Crippen LogP contribution in [-0.4, -0.2) is 37.0 Å². The summed E-state index contributed by atoms with van der Waals surface area (Å²) in [5, 5.41) is 3.10. The molecule has 1 saturated heterocycles. The number of hydrogen-bond acceptors (Lipinski definition) is 3. The summed E-state index contributed by atoms with van der Waals surface area (Å²) in [6, 6.07) is 2.18. The molecule has 0 radical (unpaired) electrons. The van der Waals surface area contributed by atoms with E-state index in [0.717, 1.165) is 39.1 Å². The fourth-order valence-corrected chi connectivity index (χ4v) is 3.81. The minimum absolute atomic E-state index is 0.0379. The molecule has 1 fully saturated rings. The molecule has 0 aromatic carbocycles. The normalized spacial score (nSPS) is 18.3. The van der Waals surface area contributed by atoms with Gasteiger partial charge in [-0.25, -0.2) is 0 Å². The van der Waals surface area contributed by atoms with E-state index in [4.69, 9.17) is 0 Å². The zero-order chi connectivity index (χ0) is 12.4. The third kappa shape index (κ3) is 3.53. The molecular formula is C11H14Br2N2OS. The predicted octanol–water partition coefficient (Wildman–Crippen LogP) is 3.10. The Morgan fingerprint density at radius 1 is 1.47 bits per heavy atom. The highest BCUT2D eigenvalue weighted by atomic mass is 79.9. The molecule has 2 rings (SSSR count). The Kier molecular flexibility index (Phi) is 4.63. The molecule has 1 amide bonds. The van der Waals surface area contributed by atoms with Crippen molar-refractivity contribution in [2.45, 2.75) is 18.9 Å². The van der Waals surface area contributed by atoms with Crippen LogP contribution in [0.2, 0.25) is 0 Å². The van der Waals surface area contributed by atoms with Crippen molar-refractivity contribution in [3.05, 3.63) is 19.2 Å². The Balaban J connectivity index is 1.93. The average Bonchev–Trinajstić information content (AvgIpc) is 2.63. The summed E-state index contributed by atoms with van der Waals surface area (Å²) in [6.07, 6.45) is 2.08. The lowest BCUT2D eigenvalue weighted by atomic mass is 10.1. The molecule has 1 aromatic rings. The highest BCUT2D eigenvalue weighted by Gasteiger charge is 2.20. The molecule has 17 heavy (non-hydrogen) atoms. The first-order chi connectivity index (χ1) is 8.06. The van der Waals surface area contributed by atoms with E-state index in [1.165, 1.54) is 11.3 Å². The van der Waals surface area contributed by atoms with Crippen molar-refractivity contribution in [2.24, 2.45) is 0 Å². The maximum atomic E-state index is 12.0. The lowest BCUT2D eigenvalue weighted by molar-refractivity contribution is 0.0921. The van der Waals surface area contributed by atoms with E-state index in [1.807, 2.05) is 6.07 Å². The minimum Gasteiger partial charge on any atom is -0.349 e. The number of carbonyl (C=O) groups excluding carboxylic acids is 1. The molecule has 0 bridgehead atoms. The van der Waals surface area contributed by atoms with Gasteiger partial charge in [-0.2, -0.15) is 0 Å². The molecule has 0 spiro atoms. The molecule has 94 valence electrons. The number of nitrogens with one attached hydrogen (secondary N) is 1. The first-order valence-electron chi connectivity index (χ1n) is 5.50. The third-order valence-corrected chi connectivity index (χ3v) is 6.18. The third-order valence-electron chi connectivity index (χ3n) is 2.92. The quantitative estimate of drug-likeness (QED) is 0.853. The molecule has 0 aliphatic carbocycles. The maximum Gasteiger partial charge on any atom is 0.261 e. The number of carbonyl (C=O) groups is 1. The maximum absolute atomic E-state index is 12.0. The van der Waals surface area contributed by atoms with E-state index < -0.39 is 0 Å². The lowest BCUT2D eigenvalue weighted by Crippen LogP contribution is -2.43. The largest absolute Gasteiger partial charge is 0.349 e. The smallest absolute Gasteiger partial charge is 0.261 e. The first-order valence-corrected chi connectivity index (χ1v) is 7.91. The average molecular weight is 382 g/mol. The predicted molar refractivity (Wildman–Crippen MR) is 77.7 cm³/mol. The van der Waals surface area contributed by atoms with Gasteiger partial charge in [0.05, 0.1) is 8.66 Å². The van der Waals surface area contributed by atoms with Crippen LogP contribution in [0.1, 0.15) is 22.5 Å². The van der Waals surface area contributed by atoms with E-state index in [0.29, 0.717) is 6.04 Å². The Morgan fingerprint density at radius 2 is 2.12 bits per heavy atom. The van der Waals surface area contributed by atoms with Gasteiger partial charge in [-0.1, -0.05) is 0 Å². The number of hydrogen-bond donors (Lipinski definition) is 1. The van der Waals surface area contributed by atoms with Crippen LogP contribution in [0.25, 0.3) is 0 Å². The second-order valence-electron chi connectivity index (χ2n) is 4.28. The SMILES string of the molecule is CN1CCC(NC(=O)c2cc(Br)c(Br)s2)CC1. The van der Waals surface area contributed by atoms with Gasteiger partial charge in [-0.05, 0) is 70.9 Å². The summed E-state index contributed by atoms with van der Waals surface area (Å²) < 4.78 is 1.90. The van der Waals surface area contributed by atoms with E-state index >= 15 is 0 Å². The number of nitrogens with zero attached hydrogens (tertiary/aromatic N) is 1. The Hall–Kier alpha value is 0.0900. The van der Waals surface area contributed by atoms with Gasteiger partial charge in [0.15, 0.2) is 0 Å². The molecule has 0 saturated carbocycles. The van der Waals surface area contributed by atoms with Crippen LogP contribution in [0.3, 0.4) is 0 Å². The van der Waals surface area contributed by atoms with Crippen LogP contribution < -0.4 is 5.32 Å². The van der Waals surface area contributed by atoms with Gasteiger partial charge in [0.2, 0.25) is 0 Å². The van der Waals surface area contributed by atoms with Gasteiger partial charge in [0.1, 0.15) is 0 Å². The molecule has 0 atom stereocenters. The van der Waals surface area contributed by atoms with Gasteiger partial charge in [-0.3, -0.25) is 4.79 Å². The molecule has 1 aliphatic rings. The Bertz CT molecular complexity index is 394. The number of halogens is 2. The Labute approximate surface area is 122 Å². The molecule has 3 nitrogen and oxygen atoms in total. The van der Waals surface area contributed by atoms with Crippen molar-refractivity contribution in [1.29, 1.82) is 0 Å². The van der Waals surface area contributed by atoms with Gasteiger partial charge in [0, 0.05) is 10.5 Å². The molecule has 1 N–H and O–H groups in total. The number of likely N-dealkylation sites (tertiary alicyclic amines) is 1. The van der Waals surface area contributed by atoms with Crippen LogP contribution in [-0.2, 0) is 0 Å². The minimum atomic E-state index is 0.0379. The van der Waals surface area contributed by atoms with Gasteiger partial charge < -0.3 is 10.2 Å². The number of rotatable bonds is 2. The highest BCUT2D eigenvalue weighted by molar-refractivity contribution is 9.13. The van der Waals surface area contributed by atoms with Crippen LogP contribution in [0, 0.1) is 0 Å². The molecule has 2 heterocycles. The van der Waals surface area contributed by atoms with E-state index in [1.54, 1.807) is 0 Å². The fraction of sp³-hybridized carbons (Fsp3) is 0.545. The van der Waals surface area contributed by atoms with Crippen LogP contribution in [0.5, 0.6) is 0 Å². The van der Waals surface area contributed by atoms with E-state index in [2.05, 4.69) is 49.1 Å². The molecule has 6 heteroatoms. The van der Waals surface area contributed by atoms with Crippen molar-refractivity contribution in [3.63, 3.8) is 0 Å². The summed E-state index contributed by atoms with van der Waals surface area (Å²) in [5.74, 6) is 0.0379. The number of amides is 1. The summed E-state index contributed by atoms with van der Waals surface area (Å²) in [6.45, 7) is 2.12. The summed E-state index contributed by atoms with van der Waals surface area (Å²) in [4.78, 5) is 15.0. The van der Waals surface area contributed by atoms with Crippen LogP contribution >= 0.6 is 43.2 Å². The van der Waals surface area contributed by atoms with E-state index in [-0.39, 0.29) is 5.91 Å². The molecule has 0 unspecified atom stereocenters. The molecule has 1 aliphatic heterocycles. The summed E-state index contributed by atoms with van der Waals surface area (Å²) in [5.41, 5.74) is 0. The van der Waals surface area contributed by atoms with Crippen molar-refractivity contribution in [1.82, 2.24) is 10.2 Å². The van der Waals surface area contributed by atoms with Crippen LogP contribution in [0.15, 0.2) is 14.3 Å². The lowest BCUT2D eigenvalue weighted by Gasteiger charge is -2.29. The van der Waals surface area contributed by atoms with Gasteiger partial charge in [0.25, 0.3) is 5.91 Å². The van der Waals surface area contributed by atoms with Gasteiger partial charge >= 0.3 is 0 Å². The molecular weight excluding hydrogens is 368 g/mol. The van der Waals surface area contributed by atoms with Crippen molar-refractivity contribution in [3.8, 4) is 0 Å². The first kappa shape index (κ1) is 13.5. The number of thiophene rings is 1. The van der Waals surface area contributed by atoms with Crippen molar-refractivity contribution in [2.75, 3.05) is 20.1 Å². The second-order valence-corrected chi connectivity index (χ2v) is 7.51. The summed E-state index contributed by atoms with van der Waals surface area (Å²) >= 11 is 8.26. The van der Waals surface area contributed by atoms with E-state index in [9.17, 15) is 4.79 Å². The summed E-state index contributed by atoms with van der Waals surface area (Å²) in [7, 11) is 2.12. The monoisotopic (exact) mass is 380 g/mol. The fourth-order valence-electron chi connectivity index (χ4n) is 1.87. The number of piperidine rings is 1. The highest BCUT2D eigenvalue weighted by Crippen LogP contribution is 2.32. The van der Waals surface area contributed by atoms with Crippen molar-refractivity contribution < 1.29 is 4.79 Å². The Morgan fingerprint density at radius 3 is 2.65 bits per heavy atom. The zero-order valence-electron chi connectivity index (χ0n) is 9.50. The second kappa shape index (κ2) is 5.82. The van der Waals surface area contributed by atoms with Crippen LogP contribution in [0.4, 0.5) is 0 Å². The standard InChI is InChI=1S/C11H14Br2N2OS/c1-15-4-2-7(3-5-15)14-11(16)9-6-8(12)10(13)17-9/h6-7H,2-5H2,1H3,(H,14,16). The van der Waals surface area contributed by atoms with Gasteiger partial charge in [-0.15, -0.1) is 11.3 Å². The molecule has 1 aromatic heterocycles. The van der Waals surface area contributed by atoms with Crippen molar-refractivity contribution >= 4 is 49.1 Å². The zero-order valence-corrected chi connectivity index (χ0v) is 13.5.